The van der Waals surface area contributed by atoms with Gasteiger partial charge in [-0.15, -0.1) is 0 Å². The second-order valence-corrected chi connectivity index (χ2v) is 9.59. The largest absolute Gasteiger partial charge is 0.393 e. The second kappa shape index (κ2) is 10.7. The van der Waals surface area contributed by atoms with Gasteiger partial charge in [-0.1, -0.05) is 0 Å². The number of piperidine rings is 1. The van der Waals surface area contributed by atoms with Gasteiger partial charge in [0.15, 0.2) is 0 Å². The van der Waals surface area contributed by atoms with E-state index in [0.29, 0.717) is 69.7 Å². The van der Waals surface area contributed by atoms with E-state index in [1.165, 1.54) is 0 Å². The molecule has 2 aliphatic heterocycles. The summed E-state index contributed by atoms with van der Waals surface area (Å²) in [5.41, 5.74) is 4.12. The van der Waals surface area contributed by atoms with Crippen LogP contribution in [0, 0.1) is 13.8 Å². The molecule has 0 unspecified atom stereocenters. The lowest BCUT2D eigenvalue weighted by Gasteiger charge is -2.30. The molecule has 0 atom stereocenters. The lowest BCUT2D eigenvalue weighted by molar-refractivity contribution is -0.131. The maximum absolute atomic E-state index is 13.3. The van der Waals surface area contributed by atoms with Gasteiger partial charge in [0.2, 0.25) is 11.9 Å². The van der Waals surface area contributed by atoms with Crippen LogP contribution in [0.1, 0.15) is 34.6 Å². The lowest BCUT2D eigenvalue weighted by Crippen LogP contribution is -2.42. The van der Waals surface area contributed by atoms with Crippen LogP contribution in [0.25, 0.3) is 10.9 Å². The number of H-pyrrole nitrogens is 1. The van der Waals surface area contributed by atoms with Crippen molar-refractivity contribution in [3.63, 3.8) is 0 Å². The minimum Gasteiger partial charge on any atom is -0.393 e. The van der Waals surface area contributed by atoms with Crippen molar-refractivity contribution in [1.82, 2.24) is 19.9 Å². The van der Waals surface area contributed by atoms with Crippen LogP contribution >= 0.6 is 0 Å². The van der Waals surface area contributed by atoms with Gasteiger partial charge in [0, 0.05) is 54.5 Å². The molecule has 0 aliphatic carbocycles. The number of nitrogens with one attached hydrogen (secondary N) is 3. The number of anilines is 3. The zero-order chi connectivity index (χ0) is 25.9. The van der Waals surface area contributed by atoms with Crippen molar-refractivity contribution in [2.24, 2.45) is 0 Å². The fourth-order valence-corrected chi connectivity index (χ4v) is 4.67. The minimum atomic E-state index is -0.361. The number of rotatable bonds is 6. The van der Waals surface area contributed by atoms with Crippen LogP contribution in [-0.4, -0.2) is 88.8 Å². The predicted molar refractivity (Wildman–Crippen MR) is 141 cm³/mol. The summed E-state index contributed by atoms with van der Waals surface area (Å²) in [6, 6.07) is 7.32. The topological polar surface area (TPSA) is 136 Å². The third-order valence-corrected chi connectivity index (χ3v) is 7.04. The van der Waals surface area contributed by atoms with Crippen molar-refractivity contribution in [3.05, 3.63) is 41.2 Å². The van der Waals surface area contributed by atoms with Gasteiger partial charge in [0.1, 0.15) is 11.5 Å². The summed E-state index contributed by atoms with van der Waals surface area (Å²) in [4.78, 5) is 42.1. The number of fused-ring (bicyclic) bond motifs is 1. The molecular weight excluding hydrogens is 474 g/mol. The SMILES string of the molecule is Cc1[nH]c2ccc(NC(=O)c3cc(NCC(=O)N4CCC(O)CC4)nc(N4CCOCC4)n3)cc2c1C. The molecule has 5 rings (SSSR count). The van der Waals surface area contributed by atoms with E-state index in [2.05, 4.69) is 25.6 Å². The number of amides is 2. The number of likely N-dealkylation sites (tertiary alicyclic amines) is 1. The molecule has 11 nitrogen and oxygen atoms in total. The maximum atomic E-state index is 13.3. The highest BCUT2D eigenvalue weighted by Crippen LogP contribution is 2.25. The summed E-state index contributed by atoms with van der Waals surface area (Å²) in [6.45, 7) is 7.50. The Morgan fingerprint density at radius 3 is 2.62 bits per heavy atom. The summed E-state index contributed by atoms with van der Waals surface area (Å²) >= 11 is 0. The number of nitrogens with zero attached hydrogens (tertiary/aromatic N) is 4. The van der Waals surface area contributed by atoms with Gasteiger partial charge in [0.05, 0.1) is 25.9 Å². The van der Waals surface area contributed by atoms with Crippen molar-refractivity contribution in [2.75, 3.05) is 61.5 Å². The van der Waals surface area contributed by atoms with Crippen LogP contribution in [0.2, 0.25) is 0 Å². The molecule has 2 aromatic heterocycles. The number of hydrogen-bond donors (Lipinski definition) is 4. The third kappa shape index (κ3) is 5.67. The third-order valence-electron chi connectivity index (χ3n) is 7.04. The van der Waals surface area contributed by atoms with E-state index in [-0.39, 0.29) is 30.2 Å². The number of aryl methyl sites for hydroxylation is 2. The second-order valence-electron chi connectivity index (χ2n) is 9.59. The number of carbonyl (C=O) groups is 2. The normalized spacial score (nSPS) is 16.7. The molecule has 11 heteroatoms. The van der Waals surface area contributed by atoms with Crippen molar-refractivity contribution in [3.8, 4) is 0 Å². The molecule has 1 aromatic carbocycles. The van der Waals surface area contributed by atoms with Gasteiger partial charge in [-0.3, -0.25) is 9.59 Å². The molecule has 0 radical (unpaired) electrons. The van der Waals surface area contributed by atoms with Gasteiger partial charge in [-0.2, -0.15) is 4.98 Å². The Bertz CT molecular complexity index is 1290. The number of hydrogen-bond acceptors (Lipinski definition) is 8. The fourth-order valence-electron chi connectivity index (χ4n) is 4.67. The molecular formula is C26H33N7O4. The maximum Gasteiger partial charge on any atom is 0.274 e. The molecule has 0 bridgehead atoms. The molecule has 4 heterocycles. The van der Waals surface area contributed by atoms with Gasteiger partial charge >= 0.3 is 0 Å². The van der Waals surface area contributed by atoms with Gasteiger partial charge in [0.25, 0.3) is 5.91 Å². The Hall–Kier alpha value is -3.70. The average Bonchev–Trinajstić information content (AvgIpc) is 3.20. The summed E-state index contributed by atoms with van der Waals surface area (Å²) in [5.74, 6) is 0.384. The molecule has 2 amide bonds. The first-order chi connectivity index (χ1) is 17.9. The van der Waals surface area contributed by atoms with Crippen LogP contribution in [0.5, 0.6) is 0 Å². The van der Waals surface area contributed by atoms with Crippen LogP contribution in [0.4, 0.5) is 17.5 Å². The smallest absolute Gasteiger partial charge is 0.274 e. The molecule has 196 valence electrons. The summed E-state index contributed by atoms with van der Waals surface area (Å²) in [5, 5.41) is 16.8. The predicted octanol–water partition coefficient (Wildman–Crippen LogP) is 2.06. The number of aliphatic hydroxyl groups is 1. The standard InChI is InChI=1S/C26H33N7O4/c1-16-17(2)28-21-4-3-18(13-20(16)21)29-25(36)22-14-23(31-26(30-22)33-9-11-37-12-10-33)27-15-24(35)32-7-5-19(34)6-8-32/h3-4,13-14,19,28,34H,5-12,15H2,1-2H3,(H,29,36)(H,27,30,31). The van der Waals surface area contributed by atoms with Crippen molar-refractivity contribution in [1.29, 1.82) is 0 Å². The molecule has 37 heavy (non-hydrogen) atoms. The Balaban J connectivity index is 1.35. The van der Waals surface area contributed by atoms with E-state index < -0.39 is 0 Å². The highest BCUT2D eigenvalue weighted by molar-refractivity contribution is 6.04. The zero-order valence-corrected chi connectivity index (χ0v) is 21.2. The number of aromatic nitrogens is 3. The van der Waals surface area contributed by atoms with Gasteiger partial charge < -0.3 is 35.3 Å². The number of carbonyl (C=O) groups excluding carboxylic acids is 2. The number of aliphatic hydroxyl groups excluding tert-OH is 1. The van der Waals surface area contributed by atoms with E-state index in [1.54, 1.807) is 11.0 Å². The van der Waals surface area contributed by atoms with E-state index in [0.717, 1.165) is 22.2 Å². The Kier molecular flexibility index (Phi) is 7.24. The highest BCUT2D eigenvalue weighted by atomic mass is 16.5. The lowest BCUT2D eigenvalue weighted by atomic mass is 10.1. The van der Waals surface area contributed by atoms with Gasteiger partial charge in [-0.05, 0) is 50.5 Å². The molecule has 4 N–H and O–H groups in total. The number of benzene rings is 1. The number of aromatic amines is 1. The minimum absolute atomic E-state index is 0.0412. The summed E-state index contributed by atoms with van der Waals surface area (Å²) in [7, 11) is 0. The molecule has 0 saturated carbocycles. The van der Waals surface area contributed by atoms with Crippen molar-refractivity contribution >= 4 is 40.2 Å². The van der Waals surface area contributed by atoms with Crippen molar-refractivity contribution in [2.45, 2.75) is 32.8 Å². The Morgan fingerprint density at radius 2 is 1.86 bits per heavy atom. The molecule has 3 aromatic rings. The summed E-state index contributed by atoms with van der Waals surface area (Å²) < 4.78 is 5.45. The van der Waals surface area contributed by atoms with E-state index in [1.807, 2.05) is 36.9 Å². The van der Waals surface area contributed by atoms with E-state index >= 15 is 0 Å². The van der Waals surface area contributed by atoms with E-state index in [4.69, 9.17) is 4.74 Å². The first-order valence-corrected chi connectivity index (χ1v) is 12.7. The average molecular weight is 508 g/mol. The Morgan fingerprint density at radius 1 is 1.11 bits per heavy atom. The molecule has 2 fully saturated rings. The van der Waals surface area contributed by atoms with Crippen molar-refractivity contribution < 1.29 is 19.4 Å². The summed E-state index contributed by atoms with van der Waals surface area (Å²) in [6.07, 6.45) is 0.818. The fraction of sp³-hybridized carbons (Fsp3) is 0.462. The van der Waals surface area contributed by atoms with Crippen LogP contribution < -0.4 is 15.5 Å². The monoisotopic (exact) mass is 507 g/mol. The van der Waals surface area contributed by atoms with E-state index in [9.17, 15) is 14.7 Å². The number of morpholine rings is 1. The van der Waals surface area contributed by atoms with Crippen LogP contribution in [-0.2, 0) is 9.53 Å². The highest BCUT2D eigenvalue weighted by Gasteiger charge is 2.22. The quantitative estimate of drug-likeness (QED) is 0.398. The zero-order valence-electron chi connectivity index (χ0n) is 21.2. The van der Waals surface area contributed by atoms with Crippen LogP contribution in [0.3, 0.4) is 0 Å². The Labute approximate surface area is 215 Å². The molecule has 2 saturated heterocycles. The first-order valence-electron chi connectivity index (χ1n) is 12.7. The van der Waals surface area contributed by atoms with Gasteiger partial charge in [-0.25, -0.2) is 4.98 Å². The van der Waals surface area contributed by atoms with Crippen LogP contribution in [0.15, 0.2) is 24.3 Å². The first kappa shape index (κ1) is 25.0. The number of ether oxygens (including phenoxy) is 1. The molecule has 0 spiro atoms. The molecule has 2 aliphatic rings.